The Kier molecular flexibility index (Phi) is 4.65. The van der Waals surface area contributed by atoms with E-state index in [9.17, 15) is 22.4 Å². The van der Waals surface area contributed by atoms with Gasteiger partial charge in [0.05, 0.1) is 11.6 Å². The lowest BCUT2D eigenvalue weighted by Crippen LogP contribution is -2.18. The maximum Gasteiger partial charge on any atom is 0.379 e. The standard InChI is InChI=1S/C11H10ClFO5S/c1-3-18-11(15)9(14)6-4-7(12)10(8(13)5-6)19(2,16)17/h4-5H,3H2,1-2H3. The summed E-state index contributed by atoms with van der Waals surface area (Å²) in [5.41, 5.74) is -0.367. The van der Waals surface area contributed by atoms with E-state index in [-0.39, 0.29) is 12.2 Å². The van der Waals surface area contributed by atoms with E-state index in [1.807, 2.05) is 0 Å². The number of hydrogen-bond donors (Lipinski definition) is 0. The van der Waals surface area contributed by atoms with Crippen molar-refractivity contribution in [2.75, 3.05) is 12.9 Å². The molecule has 0 amide bonds. The molecule has 104 valence electrons. The van der Waals surface area contributed by atoms with Gasteiger partial charge in [-0.25, -0.2) is 17.6 Å². The van der Waals surface area contributed by atoms with Gasteiger partial charge in [-0.1, -0.05) is 11.6 Å². The third-order valence-electron chi connectivity index (χ3n) is 2.09. The highest BCUT2D eigenvalue weighted by Crippen LogP contribution is 2.26. The molecule has 1 aromatic carbocycles. The quantitative estimate of drug-likeness (QED) is 0.480. The Bertz CT molecular complexity index is 615. The van der Waals surface area contributed by atoms with Crippen LogP contribution >= 0.6 is 11.6 Å². The Balaban J connectivity index is 3.30. The summed E-state index contributed by atoms with van der Waals surface area (Å²) >= 11 is 5.62. The average molecular weight is 309 g/mol. The van der Waals surface area contributed by atoms with Gasteiger partial charge in [0.2, 0.25) is 0 Å². The molecule has 0 fully saturated rings. The third kappa shape index (κ3) is 3.51. The number of carbonyl (C=O) groups is 2. The van der Waals surface area contributed by atoms with Gasteiger partial charge in [0.25, 0.3) is 5.78 Å². The van der Waals surface area contributed by atoms with Gasteiger partial charge in [0.15, 0.2) is 9.84 Å². The molecule has 0 unspecified atom stereocenters. The summed E-state index contributed by atoms with van der Waals surface area (Å²) in [7, 11) is -3.87. The highest BCUT2D eigenvalue weighted by atomic mass is 35.5. The minimum atomic E-state index is -3.87. The van der Waals surface area contributed by atoms with Crippen molar-refractivity contribution in [1.29, 1.82) is 0 Å². The average Bonchev–Trinajstić information content (AvgIpc) is 2.25. The number of esters is 1. The number of benzene rings is 1. The second kappa shape index (κ2) is 5.66. The van der Waals surface area contributed by atoms with Crippen molar-refractivity contribution in [3.8, 4) is 0 Å². The van der Waals surface area contributed by atoms with Gasteiger partial charge >= 0.3 is 5.97 Å². The minimum Gasteiger partial charge on any atom is -0.460 e. The van der Waals surface area contributed by atoms with Gasteiger partial charge in [0, 0.05) is 11.8 Å². The fourth-order valence-corrected chi connectivity index (χ4v) is 2.81. The fourth-order valence-electron chi connectivity index (χ4n) is 1.36. The predicted octanol–water partition coefficient (Wildman–Crippen LogP) is 1.63. The first-order chi connectivity index (χ1) is 8.68. The number of ether oxygens (including phenoxy) is 1. The van der Waals surface area contributed by atoms with Gasteiger partial charge < -0.3 is 4.74 Å². The molecule has 5 nitrogen and oxygen atoms in total. The number of rotatable bonds is 4. The van der Waals surface area contributed by atoms with E-state index in [4.69, 9.17) is 11.6 Å². The van der Waals surface area contributed by atoms with E-state index < -0.39 is 37.3 Å². The van der Waals surface area contributed by atoms with E-state index in [0.717, 1.165) is 12.3 Å². The smallest absolute Gasteiger partial charge is 0.379 e. The maximum atomic E-state index is 13.6. The molecule has 8 heteroatoms. The van der Waals surface area contributed by atoms with Crippen molar-refractivity contribution in [1.82, 2.24) is 0 Å². The van der Waals surface area contributed by atoms with Crippen molar-refractivity contribution in [3.63, 3.8) is 0 Å². The van der Waals surface area contributed by atoms with Crippen LogP contribution in [0, 0.1) is 5.82 Å². The largest absolute Gasteiger partial charge is 0.460 e. The monoisotopic (exact) mass is 308 g/mol. The second-order valence-electron chi connectivity index (χ2n) is 3.59. The molecule has 0 N–H and O–H groups in total. The summed E-state index contributed by atoms with van der Waals surface area (Å²) in [6, 6.07) is 1.56. The molecule has 19 heavy (non-hydrogen) atoms. The summed E-state index contributed by atoms with van der Waals surface area (Å²) in [5.74, 6) is -3.45. The van der Waals surface area contributed by atoms with Crippen molar-refractivity contribution in [3.05, 3.63) is 28.5 Å². The van der Waals surface area contributed by atoms with Crippen LogP contribution in [0.1, 0.15) is 17.3 Å². The number of carbonyl (C=O) groups excluding carboxylic acids is 2. The van der Waals surface area contributed by atoms with E-state index in [2.05, 4.69) is 4.74 Å². The van der Waals surface area contributed by atoms with E-state index in [0.29, 0.717) is 6.07 Å². The van der Waals surface area contributed by atoms with Crippen LogP contribution in [0.2, 0.25) is 5.02 Å². The first-order valence-electron chi connectivity index (χ1n) is 5.09. The summed E-state index contributed by atoms with van der Waals surface area (Å²) in [4.78, 5) is 22.0. The lowest BCUT2D eigenvalue weighted by Gasteiger charge is -2.06. The first kappa shape index (κ1) is 15.6. The van der Waals surface area contributed by atoms with Crippen LogP contribution < -0.4 is 0 Å². The molecule has 0 aliphatic carbocycles. The van der Waals surface area contributed by atoms with Crippen LogP contribution in [0.3, 0.4) is 0 Å². The van der Waals surface area contributed by atoms with E-state index in [1.54, 1.807) is 0 Å². The summed E-state index contributed by atoms with van der Waals surface area (Å²) < 4.78 is 40.7. The Labute approximate surface area is 114 Å². The molecular weight excluding hydrogens is 299 g/mol. The minimum absolute atomic E-state index is 0.0117. The highest BCUT2D eigenvalue weighted by Gasteiger charge is 2.24. The molecule has 0 saturated heterocycles. The molecule has 0 aromatic heterocycles. The first-order valence-corrected chi connectivity index (χ1v) is 7.36. The van der Waals surface area contributed by atoms with Crippen LogP contribution in [0.25, 0.3) is 0 Å². The van der Waals surface area contributed by atoms with Crippen molar-refractivity contribution >= 4 is 33.2 Å². The van der Waals surface area contributed by atoms with Gasteiger partial charge in [0.1, 0.15) is 10.7 Å². The lowest BCUT2D eigenvalue weighted by molar-refractivity contribution is -0.137. The Morgan fingerprint density at radius 1 is 1.37 bits per heavy atom. The molecule has 0 atom stereocenters. The van der Waals surface area contributed by atoms with Crippen LogP contribution in [-0.4, -0.2) is 33.0 Å². The number of Topliss-reactive ketones (excluding diaryl/α,β-unsaturated/α-hetero) is 1. The zero-order valence-corrected chi connectivity index (χ0v) is 11.6. The van der Waals surface area contributed by atoms with E-state index in [1.165, 1.54) is 6.92 Å². The van der Waals surface area contributed by atoms with Crippen LogP contribution in [0.5, 0.6) is 0 Å². The van der Waals surface area contributed by atoms with Crippen molar-refractivity contribution in [2.24, 2.45) is 0 Å². The molecule has 0 spiro atoms. The summed E-state index contributed by atoms with van der Waals surface area (Å²) in [5, 5.41) is -0.463. The molecule has 0 radical (unpaired) electrons. The van der Waals surface area contributed by atoms with Gasteiger partial charge in [-0.05, 0) is 19.1 Å². The van der Waals surface area contributed by atoms with Crippen molar-refractivity contribution in [2.45, 2.75) is 11.8 Å². The topological polar surface area (TPSA) is 77.5 Å². The summed E-state index contributed by atoms with van der Waals surface area (Å²) in [6.07, 6.45) is 0.782. The lowest BCUT2D eigenvalue weighted by atomic mass is 10.1. The predicted molar refractivity (Wildman–Crippen MR) is 65.5 cm³/mol. The molecule has 1 aromatic rings. The molecular formula is C11H10ClFO5S. The van der Waals surface area contributed by atoms with Crippen LogP contribution in [-0.2, 0) is 19.4 Å². The Morgan fingerprint density at radius 2 is 1.95 bits per heavy atom. The van der Waals surface area contributed by atoms with Crippen LogP contribution in [0.4, 0.5) is 4.39 Å². The summed E-state index contributed by atoms with van der Waals surface area (Å²) in [6.45, 7) is 1.49. The zero-order valence-electron chi connectivity index (χ0n) is 10.1. The molecule has 0 bridgehead atoms. The molecule has 1 rings (SSSR count). The van der Waals surface area contributed by atoms with Crippen molar-refractivity contribution < 1.29 is 27.1 Å². The maximum absolute atomic E-state index is 13.6. The molecule has 0 heterocycles. The third-order valence-corrected chi connectivity index (χ3v) is 3.66. The normalized spacial score (nSPS) is 11.2. The SMILES string of the molecule is CCOC(=O)C(=O)c1cc(F)c(S(C)(=O)=O)c(Cl)c1. The zero-order chi connectivity index (χ0) is 14.8. The molecule has 0 saturated carbocycles. The fraction of sp³-hybridized carbons (Fsp3) is 0.273. The second-order valence-corrected chi connectivity index (χ2v) is 5.95. The van der Waals surface area contributed by atoms with Gasteiger partial charge in [-0.2, -0.15) is 0 Å². The van der Waals surface area contributed by atoms with Gasteiger partial charge in [-0.15, -0.1) is 0 Å². The molecule has 0 aliphatic heterocycles. The number of sulfone groups is 1. The Hall–Kier alpha value is -1.47. The number of ketones is 1. The highest BCUT2D eigenvalue weighted by molar-refractivity contribution is 7.90. The number of halogens is 2. The van der Waals surface area contributed by atoms with Crippen LogP contribution in [0.15, 0.2) is 17.0 Å². The van der Waals surface area contributed by atoms with Gasteiger partial charge in [-0.3, -0.25) is 4.79 Å². The van der Waals surface area contributed by atoms with E-state index >= 15 is 0 Å². The number of hydrogen-bond acceptors (Lipinski definition) is 5. The Morgan fingerprint density at radius 3 is 2.37 bits per heavy atom. The molecule has 0 aliphatic rings.